The van der Waals surface area contributed by atoms with E-state index in [2.05, 4.69) is 13.8 Å². The van der Waals surface area contributed by atoms with Gasteiger partial charge in [0.05, 0.1) is 30.5 Å². The second kappa shape index (κ2) is 6.77. The molecule has 1 aliphatic heterocycles. The number of ether oxygens (including phenoxy) is 2. The standard InChI is InChI=1S/C18H27BO5/c1-12(2)11-22-15-9-13(16(20)21-7)8-14(10-15)19-23-17(3,4)18(5,6)24-19/h8-10,12H,11H2,1-7H3. The highest BCUT2D eigenvalue weighted by atomic mass is 16.7. The molecule has 24 heavy (non-hydrogen) atoms. The van der Waals surface area contributed by atoms with E-state index in [-0.39, 0.29) is 0 Å². The van der Waals surface area contributed by atoms with Crippen LogP contribution in [-0.2, 0) is 14.0 Å². The zero-order valence-corrected chi connectivity index (χ0v) is 15.6. The van der Waals surface area contributed by atoms with Gasteiger partial charge in [-0.05, 0) is 57.3 Å². The number of esters is 1. The normalized spacial score (nSPS) is 18.8. The van der Waals surface area contributed by atoms with Crippen LogP contribution in [0.5, 0.6) is 5.75 Å². The number of rotatable bonds is 5. The van der Waals surface area contributed by atoms with E-state index in [1.165, 1.54) is 7.11 Å². The summed E-state index contributed by atoms with van der Waals surface area (Å²) in [6, 6.07) is 5.27. The van der Waals surface area contributed by atoms with Gasteiger partial charge in [0, 0.05) is 0 Å². The largest absolute Gasteiger partial charge is 0.494 e. The van der Waals surface area contributed by atoms with Crippen molar-refractivity contribution >= 4 is 18.6 Å². The first kappa shape index (κ1) is 18.8. The summed E-state index contributed by atoms with van der Waals surface area (Å²) in [4.78, 5) is 12.0. The molecule has 1 saturated heterocycles. The molecule has 0 bridgehead atoms. The average molecular weight is 334 g/mol. The summed E-state index contributed by atoms with van der Waals surface area (Å²) in [5.74, 6) is 0.575. The van der Waals surface area contributed by atoms with Crippen LogP contribution in [0.4, 0.5) is 0 Å². The summed E-state index contributed by atoms with van der Waals surface area (Å²) in [6.45, 7) is 12.7. The lowest BCUT2D eigenvalue weighted by atomic mass is 9.78. The molecule has 1 fully saturated rings. The maximum absolute atomic E-state index is 12.0. The molecule has 1 heterocycles. The van der Waals surface area contributed by atoms with Crippen LogP contribution in [0.3, 0.4) is 0 Å². The van der Waals surface area contributed by atoms with E-state index >= 15 is 0 Å². The molecule has 1 aromatic rings. The molecule has 0 saturated carbocycles. The first-order valence-electron chi connectivity index (χ1n) is 8.27. The van der Waals surface area contributed by atoms with Crippen LogP contribution in [0.15, 0.2) is 18.2 Å². The summed E-state index contributed by atoms with van der Waals surface area (Å²) >= 11 is 0. The third-order valence-electron chi connectivity index (χ3n) is 4.46. The van der Waals surface area contributed by atoms with Gasteiger partial charge in [0.1, 0.15) is 5.75 Å². The third-order valence-corrected chi connectivity index (χ3v) is 4.46. The molecule has 0 atom stereocenters. The van der Waals surface area contributed by atoms with Crippen LogP contribution >= 0.6 is 0 Å². The lowest BCUT2D eigenvalue weighted by Gasteiger charge is -2.32. The Morgan fingerprint density at radius 1 is 1.12 bits per heavy atom. The molecular weight excluding hydrogens is 307 g/mol. The van der Waals surface area contributed by atoms with E-state index in [1.54, 1.807) is 12.1 Å². The minimum Gasteiger partial charge on any atom is -0.493 e. The van der Waals surface area contributed by atoms with E-state index in [4.69, 9.17) is 18.8 Å². The Labute approximate surface area is 144 Å². The number of hydrogen-bond acceptors (Lipinski definition) is 5. The number of carbonyl (C=O) groups excluding carboxylic acids is 1. The third kappa shape index (κ3) is 3.93. The number of carbonyl (C=O) groups is 1. The van der Waals surface area contributed by atoms with Crippen molar-refractivity contribution in [1.29, 1.82) is 0 Å². The molecule has 0 spiro atoms. The van der Waals surface area contributed by atoms with Crippen LogP contribution < -0.4 is 10.2 Å². The van der Waals surface area contributed by atoms with Gasteiger partial charge in [-0.25, -0.2) is 4.79 Å². The second-order valence-corrected chi connectivity index (χ2v) is 7.58. The van der Waals surface area contributed by atoms with Crippen LogP contribution in [0.2, 0.25) is 0 Å². The Hall–Kier alpha value is -1.53. The second-order valence-electron chi connectivity index (χ2n) is 7.58. The molecule has 2 rings (SSSR count). The number of methoxy groups -OCH3 is 1. The first-order chi connectivity index (χ1) is 11.1. The Morgan fingerprint density at radius 3 is 2.21 bits per heavy atom. The van der Waals surface area contributed by atoms with Crippen molar-refractivity contribution in [2.24, 2.45) is 5.92 Å². The monoisotopic (exact) mass is 334 g/mol. The zero-order chi connectivity index (χ0) is 18.1. The van der Waals surface area contributed by atoms with Gasteiger partial charge in [0.2, 0.25) is 0 Å². The SMILES string of the molecule is COC(=O)c1cc(OCC(C)C)cc(B2OC(C)(C)C(C)(C)O2)c1. The van der Waals surface area contributed by atoms with Gasteiger partial charge in [-0.3, -0.25) is 0 Å². The quantitative estimate of drug-likeness (QED) is 0.612. The number of hydrogen-bond donors (Lipinski definition) is 0. The van der Waals surface area contributed by atoms with E-state index in [1.807, 2.05) is 33.8 Å². The average Bonchev–Trinajstić information content (AvgIpc) is 2.72. The summed E-state index contributed by atoms with van der Waals surface area (Å²) in [5, 5.41) is 0. The molecule has 0 radical (unpaired) electrons. The highest BCUT2D eigenvalue weighted by Gasteiger charge is 2.51. The minimum absolute atomic E-state index is 0.382. The maximum atomic E-state index is 12.0. The van der Waals surface area contributed by atoms with E-state index in [9.17, 15) is 4.79 Å². The Balaban J connectivity index is 2.35. The van der Waals surface area contributed by atoms with Crippen molar-refractivity contribution in [3.8, 4) is 5.75 Å². The van der Waals surface area contributed by atoms with E-state index in [0.29, 0.717) is 23.8 Å². The lowest BCUT2D eigenvalue weighted by molar-refractivity contribution is 0.00578. The van der Waals surface area contributed by atoms with Crippen LogP contribution in [-0.4, -0.2) is 38.0 Å². The first-order valence-corrected chi connectivity index (χ1v) is 8.27. The van der Waals surface area contributed by atoms with Crippen molar-refractivity contribution in [2.75, 3.05) is 13.7 Å². The van der Waals surface area contributed by atoms with Crippen LogP contribution in [0.1, 0.15) is 51.9 Å². The van der Waals surface area contributed by atoms with Gasteiger partial charge >= 0.3 is 13.1 Å². The van der Waals surface area contributed by atoms with Gasteiger partial charge in [0.25, 0.3) is 0 Å². The Bertz CT molecular complexity index is 593. The molecule has 0 aromatic heterocycles. The number of benzene rings is 1. The van der Waals surface area contributed by atoms with Crippen LogP contribution in [0, 0.1) is 5.92 Å². The molecule has 0 unspecified atom stereocenters. The fraction of sp³-hybridized carbons (Fsp3) is 0.611. The molecule has 5 nitrogen and oxygen atoms in total. The molecule has 0 N–H and O–H groups in total. The smallest absolute Gasteiger partial charge is 0.493 e. The van der Waals surface area contributed by atoms with E-state index in [0.717, 1.165) is 5.46 Å². The summed E-state index contributed by atoms with van der Waals surface area (Å²) < 4.78 is 22.8. The topological polar surface area (TPSA) is 54.0 Å². The van der Waals surface area contributed by atoms with Crippen molar-refractivity contribution < 1.29 is 23.6 Å². The van der Waals surface area contributed by atoms with E-state index < -0.39 is 24.3 Å². The van der Waals surface area contributed by atoms with Crippen LogP contribution in [0.25, 0.3) is 0 Å². The fourth-order valence-corrected chi connectivity index (χ4v) is 2.32. The molecule has 0 amide bonds. The van der Waals surface area contributed by atoms with Gasteiger partial charge in [-0.15, -0.1) is 0 Å². The molecule has 0 aliphatic carbocycles. The predicted molar refractivity (Wildman–Crippen MR) is 93.8 cm³/mol. The van der Waals surface area contributed by atoms with Gasteiger partial charge in [-0.1, -0.05) is 13.8 Å². The van der Waals surface area contributed by atoms with Crippen molar-refractivity contribution in [2.45, 2.75) is 52.7 Å². The molecule has 132 valence electrons. The predicted octanol–water partition coefficient (Wildman–Crippen LogP) is 2.81. The Morgan fingerprint density at radius 2 is 1.71 bits per heavy atom. The minimum atomic E-state index is -0.555. The van der Waals surface area contributed by atoms with Gasteiger partial charge < -0.3 is 18.8 Å². The molecule has 1 aliphatic rings. The van der Waals surface area contributed by atoms with Gasteiger partial charge in [0.15, 0.2) is 0 Å². The maximum Gasteiger partial charge on any atom is 0.494 e. The molecular formula is C18H27BO5. The summed E-state index contributed by atoms with van der Waals surface area (Å²) in [6.07, 6.45) is 0. The van der Waals surface area contributed by atoms with Crippen molar-refractivity contribution in [3.05, 3.63) is 23.8 Å². The Kier molecular flexibility index (Phi) is 5.30. The van der Waals surface area contributed by atoms with Gasteiger partial charge in [-0.2, -0.15) is 0 Å². The fourth-order valence-electron chi connectivity index (χ4n) is 2.32. The van der Waals surface area contributed by atoms with Crippen molar-refractivity contribution in [3.63, 3.8) is 0 Å². The summed E-state index contributed by atoms with van der Waals surface area (Å²) in [7, 11) is 0.805. The zero-order valence-electron chi connectivity index (χ0n) is 15.6. The van der Waals surface area contributed by atoms with Crippen molar-refractivity contribution in [1.82, 2.24) is 0 Å². The highest BCUT2D eigenvalue weighted by Crippen LogP contribution is 2.36. The lowest BCUT2D eigenvalue weighted by Crippen LogP contribution is -2.41. The summed E-state index contributed by atoms with van der Waals surface area (Å²) in [5.41, 5.74) is 0.272. The highest BCUT2D eigenvalue weighted by molar-refractivity contribution is 6.62. The molecule has 6 heteroatoms. The molecule has 1 aromatic carbocycles.